The van der Waals surface area contributed by atoms with Crippen molar-refractivity contribution in [1.82, 2.24) is 0 Å². The number of fused-ring (bicyclic) bond motifs is 1. The van der Waals surface area contributed by atoms with Crippen LogP contribution in [0.15, 0.2) is 54.1 Å². The second-order valence-electron chi connectivity index (χ2n) is 6.31. The van der Waals surface area contributed by atoms with Crippen molar-refractivity contribution in [1.29, 1.82) is 0 Å². The van der Waals surface area contributed by atoms with Crippen molar-refractivity contribution in [2.24, 2.45) is 0 Å². The second-order valence-corrected chi connectivity index (χ2v) is 6.31. The Bertz CT molecular complexity index is 726. The SMILES string of the molecule is CCCCCCOc1ccc(C=C2Cc3ccccc3C2=O)cc1. The van der Waals surface area contributed by atoms with Crippen molar-refractivity contribution in [2.75, 3.05) is 6.61 Å². The van der Waals surface area contributed by atoms with Crippen molar-refractivity contribution in [3.05, 3.63) is 70.8 Å². The summed E-state index contributed by atoms with van der Waals surface area (Å²) in [6.07, 6.45) is 7.56. The van der Waals surface area contributed by atoms with Gasteiger partial charge in [-0.05, 0) is 35.8 Å². The highest BCUT2D eigenvalue weighted by molar-refractivity contribution is 6.15. The first-order valence-electron chi connectivity index (χ1n) is 8.84. The first-order chi connectivity index (χ1) is 11.8. The van der Waals surface area contributed by atoms with E-state index >= 15 is 0 Å². The summed E-state index contributed by atoms with van der Waals surface area (Å²) in [6.45, 7) is 2.98. The Kier molecular flexibility index (Phi) is 5.47. The van der Waals surface area contributed by atoms with E-state index in [1.807, 2.05) is 54.6 Å². The lowest BCUT2D eigenvalue weighted by molar-refractivity contribution is 0.104. The number of carbonyl (C=O) groups excluding carboxylic acids is 1. The maximum Gasteiger partial charge on any atom is 0.189 e. The van der Waals surface area contributed by atoms with Crippen LogP contribution in [0.5, 0.6) is 5.75 Å². The number of unbranched alkanes of at least 4 members (excludes halogenated alkanes) is 3. The molecule has 0 heterocycles. The predicted molar refractivity (Wildman–Crippen MR) is 98.5 cm³/mol. The van der Waals surface area contributed by atoms with Gasteiger partial charge >= 0.3 is 0 Å². The third-order valence-electron chi connectivity index (χ3n) is 4.42. The molecule has 124 valence electrons. The predicted octanol–water partition coefficient (Wildman–Crippen LogP) is 5.47. The second kappa shape index (κ2) is 7.96. The molecule has 0 bridgehead atoms. The zero-order valence-corrected chi connectivity index (χ0v) is 14.3. The van der Waals surface area contributed by atoms with Crippen molar-refractivity contribution >= 4 is 11.9 Å². The van der Waals surface area contributed by atoms with Gasteiger partial charge in [-0.3, -0.25) is 4.79 Å². The average Bonchev–Trinajstić information content (AvgIpc) is 2.92. The minimum Gasteiger partial charge on any atom is -0.494 e. The number of rotatable bonds is 7. The van der Waals surface area contributed by atoms with E-state index in [-0.39, 0.29) is 5.78 Å². The van der Waals surface area contributed by atoms with Gasteiger partial charge in [0, 0.05) is 17.6 Å². The largest absolute Gasteiger partial charge is 0.494 e. The van der Waals surface area contributed by atoms with E-state index < -0.39 is 0 Å². The summed E-state index contributed by atoms with van der Waals surface area (Å²) in [5.41, 5.74) is 3.88. The van der Waals surface area contributed by atoms with Gasteiger partial charge in [-0.2, -0.15) is 0 Å². The summed E-state index contributed by atoms with van der Waals surface area (Å²) in [7, 11) is 0. The first kappa shape index (κ1) is 16.5. The van der Waals surface area contributed by atoms with E-state index in [9.17, 15) is 4.79 Å². The minimum atomic E-state index is 0.154. The zero-order chi connectivity index (χ0) is 16.8. The Morgan fingerprint density at radius 2 is 1.79 bits per heavy atom. The van der Waals surface area contributed by atoms with Crippen LogP contribution in [0.3, 0.4) is 0 Å². The quantitative estimate of drug-likeness (QED) is 0.499. The van der Waals surface area contributed by atoms with E-state index in [1.165, 1.54) is 19.3 Å². The summed E-state index contributed by atoms with van der Waals surface area (Å²) < 4.78 is 5.76. The van der Waals surface area contributed by atoms with Gasteiger partial charge in [-0.25, -0.2) is 0 Å². The first-order valence-corrected chi connectivity index (χ1v) is 8.84. The summed E-state index contributed by atoms with van der Waals surface area (Å²) in [5.74, 6) is 1.05. The fraction of sp³-hybridized carbons (Fsp3) is 0.318. The van der Waals surface area contributed by atoms with Crippen LogP contribution in [0.2, 0.25) is 0 Å². The monoisotopic (exact) mass is 320 g/mol. The number of hydrogen-bond acceptors (Lipinski definition) is 2. The zero-order valence-electron chi connectivity index (χ0n) is 14.3. The van der Waals surface area contributed by atoms with Gasteiger partial charge in [-0.15, -0.1) is 0 Å². The van der Waals surface area contributed by atoms with Crippen LogP contribution in [-0.4, -0.2) is 12.4 Å². The van der Waals surface area contributed by atoms with Crippen LogP contribution in [-0.2, 0) is 6.42 Å². The smallest absolute Gasteiger partial charge is 0.189 e. The maximum absolute atomic E-state index is 12.4. The van der Waals surface area contributed by atoms with Gasteiger partial charge in [0.25, 0.3) is 0 Å². The number of hydrogen-bond donors (Lipinski definition) is 0. The van der Waals surface area contributed by atoms with Crippen LogP contribution >= 0.6 is 0 Å². The lowest BCUT2D eigenvalue weighted by Gasteiger charge is -2.06. The third kappa shape index (κ3) is 3.94. The molecular weight excluding hydrogens is 296 g/mol. The van der Waals surface area contributed by atoms with E-state index in [0.29, 0.717) is 0 Å². The van der Waals surface area contributed by atoms with Crippen LogP contribution in [0.25, 0.3) is 6.08 Å². The average molecular weight is 320 g/mol. The van der Waals surface area contributed by atoms with E-state index in [1.54, 1.807) is 0 Å². The summed E-state index contributed by atoms with van der Waals surface area (Å²) in [6, 6.07) is 15.9. The molecule has 2 heteroatoms. The molecule has 3 rings (SSSR count). The van der Waals surface area contributed by atoms with Crippen LogP contribution < -0.4 is 4.74 Å². The molecule has 0 amide bonds. The maximum atomic E-state index is 12.4. The Hall–Kier alpha value is -2.35. The Morgan fingerprint density at radius 1 is 1.00 bits per heavy atom. The van der Waals surface area contributed by atoms with Crippen LogP contribution in [0, 0.1) is 0 Å². The van der Waals surface area contributed by atoms with Gasteiger partial charge in [0.15, 0.2) is 5.78 Å². The molecule has 0 atom stereocenters. The van der Waals surface area contributed by atoms with Gasteiger partial charge < -0.3 is 4.74 Å². The molecule has 0 N–H and O–H groups in total. The van der Waals surface area contributed by atoms with E-state index in [4.69, 9.17) is 4.74 Å². The highest BCUT2D eigenvalue weighted by Gasteiger charge is 2.23. The molecule has 2 nitrogen and oxygen atoms in total. The normalized spacial score (nSPS) is 14.9. The Labute approximate surface area is 144 Å². The topological polar surface area (TPSA) is 26.3 Å². The fourth-order valence-corrected chi connectivity index (χ4v) is 3.05. The summed E-state index contributed by atoms with van der Waals surface area (Å²) >= 11 is 0. The molecule has 1 aliphatic rings. The van der Waals surface area contributed by atoms with Crippen molar-refractivity contribution in [3.63, 3.8) is 0 Å². The number of carbonyl (C=O) groups is 1. The Balaban J connectivity index is 1.60. The molecule has 0 aliphatic heterocycles. The Morgan fingerprint density at radius 3 is 2.54 bits per heavy atom. The van der Waals surface area contributed by atoms with Crippen LogP contribution in [0.4, 0.5) is 0 Å². The lowest BCUT2D eigenvalue weighted by atomic mass is 10.1. The van der Waals surface area contributed by atoms with E-state index in [2.05, 4.69) is 6.92 Å². The summed E-state index contributed by atoms with van der Waals surface area (Å²) in [4.78, 5) is 12.4. The molecule has 0 aromatic heterocycles. The van der Waals surface area contributed by atoms with Crippen LogP contribution in [0.1, 0.15) is 54.1 Å². The lowest BCUT2D eigenvalue weighted by Crippen LogP contribution is -1.97. The number of Topliss-reactive ketones (excluding diaryl/α,β-unsaturated/α-hetero) is 1. The third-order valence-corrected chi connectivity index (χ3v) is 4.42. The van der Waals surface area contributed by atoms with Crippen molar-refractivity contribution in [2.45, 2.75) is 39.0 Å². The molecule has 0 saturated carbocycles. The number of ether oxygens (including phenoxy) is 1. The van der Waals surface area contributed by atoms with Crippen molar-refractivity contribution in [3.8, 4) is 5.75 Å². The molecule has 1 aliphatic carbocycles. The highest BCUT2D eigenvalue weighted by Crippen LogP contribution is 2.27. The fourth-order valence-electron chi connectivity index (χ4n) is 3.05. The molecule has 0 saturated heterocycles. The summed E-state index contributed by atoms with van der Waals surface area (Å²) in [5, 5.41) is 0. The molecule has 0 unspecified atom stereocenters. The van der Waals surface area contributed by atoms with Crippen molar-refractivity contribution < 1.29 is 9.53 Å². The minimum absolute atomic E-state index is 0.154. The van der Waals surface area contributed by atoms with Gasteiger partial charge in [0.05, 0.1) is 6.61 Å². The molecule has 0 radical (unpaired) electrons. The number of benzene rings is 2. The van der Waals surface area contributed by atoms with E-state index in [0.717, 1.165) is 47.5 Å². The molecule has 2 aromatic rings. The highest BCUT2D eigenvalue weighted by atomic mass is 16.5. The van der Waals surface area contributed by atoms with Gasteiger partial charge in [0.2, 0.25) is 0 Å². The molecule has 24 heavy (non-hydrogen) atoms. The molecule has 0 spiro atoms. The van der Waals surface area contributed by atoms with Gasteiger partial charge in [-0.1, -0.05) is 62.6 Å². The standard InChI is InChI=1S/C22H24O2/c1-2-3-4-7-14-24-20-12-10-17(11-13-20)15-19-16-18-8-5-6-9-21(18)22(19)23/h5-6,8-13,15H,2-4,7,14,16H2,1H3. The number of allylic oxidation sites excluding steroid dienone is 1. The number of ketones is 1. The molecular formula is C22H24O2. The van der Waals surface area contributed by atoms with Gasteiger partial charge in [0.1, 0.15) is 5.75 Å². The molecule has 0 fully saturated rings. The molecule has 2 aromatic carbocycles.